The normalized spacial score (nSPS) is 13.0. The zero-order chi connectivity index (χ0) is 27.6. The highest BCUT2D eigenvalue weighted by atomic mass is 32.2. The van der Waals surface area contributed by atoms with Crippen LogP contribution in [0.3, 0.4) is 0 Å². The molecule has 0 aliphatic heterocycles. The largest absolute Gasteiger partial charge is 0.352 e. The number of nitrogens with zero attached hydrogens (tertiary/aromatic N) is 2. The number of amides is 2. The molecule has 0 saturated heterocycles. The Morgan fingerprint density at radius 1 is 0.946 bits per heavy atom. The first-order valence-corrected chi connectivity index (χ1v) is 15.0. The van der Waals surface area contributed by atoms with E-state index in [1.54, 1.807) is 11.0 Å². The van der Waals surface area contributed by atoms with Crippen LogP contribution in [0.5, 0.6) is 0 Å². The number of carbonyl (C=O) groups is 2. The smallest absolute Gasteiger partial charge is 0.243 e. The second-order valence-electron chi connectivity index (χ2n) is 9.77. The first-order valence-electron chi connectivity index (χ1n) is 13.2. The number of carbonyl (C=O) groups excluding carboxylic acids is 2. The van der Waals surface area contributed by atoms with Crippen LogP contribution in [0.25, 0.3) is 0 Å². The fourth-order valence-electron chi connectivity index (χ4n) is 4.22. The van der Waals surface area contributed by atoms with E-state index in [4.69, 9.17) is 0 Å². The molecule has 2 rings (SSSR count). The van der Waals surface area contributed by atoms with E-state index in [2.05, 4.69) is 5.32 Å². The van der Waals surface area contributed by atoms with Crippen molar-refractivity contribution in [3.05, 3.63) is 65.2 Å². The number of rotatable bonds is 14. The van der Waals surface area contributed by atoms with Crippen LogP contribution in [0.2, 0.25) is 0 Å². The molecule has 0 aliphatic rings. The van der Waals surface area contributed by atoms with Crippen molar-refractivity contribution in [2.24, 2.45) is 0 Å². The number of sulfonamides is 1. The molecule has 2 amide bonds. The molecule has 2 aromatic carbocycles. The van der Waals surface area contributed by atoms with Gasteiger partial charge in [0, 0.05) is 25.6 Å². The van der Waals surface area contributed by atoms with Gasteiger partial charge >= 0.3 is 0 Å². The molecule has 8 heteroatoms. The molecule has 0 aliphatic carbocycles. The molecule has 37 heavy (non-hydrogen) atoms. The lowest BCUT2D eigenvalue weighted by molar-refractivity contribution is -0.141. The molecular formula is C29H43N3O4S. The minimum absolute atomic E-state index is 0.0221. The number of anilines is 1. The van der Waals surface area contributed by atoms with Gasteiger partial charge < -0.3 is 10.2 Å². The van der Waals surface area contributed by atoms with E-state index in [1.807, 2.05) is 77.1 Å². The van der Waals surface area contributed by atoms with Crippen LogP contribution in [0, 0.1) is 13.8 Å². The molecule has 0 radical (unpaired) electrons. The lowest BCUT2D eigenvalue weighted by Crippen LogP contribution is -2.51. The van der Waals surface area contributed by atoms with Crippen molar-refractivity contribution in [3.8, 4) is 0 Å². The minimum atomic E-state index is -3.52. The molecule has 7 nitrogen and oxygen atoms in total. The number of benzene rings is 2. The Morgan fingerprint density at radius 3 is 2.19 bits per heavy atom. The van der Waals surface area contributed by atoms with Gasteiger partial charge in [-0.3, -0.25) is 13.9 Å². The second kappa shape index (κ2) is 14.2. The van der Waals surface area contributed by atoms with Gasteiger partial charge in [-0.15, -0.1) is 0 Å². The average molecular weight is 530 g/mol. The van der Waals surface area contributed by atoms with Gasteiger partial charge in [-0.05, 0) is 75.3 Å². The van der Waals surface area contributed by atoms with Crippen LogP contribution >= 0.6 is 0 Å². The SMILES string of the molecule is CC[C@H](C(=O)N[C@@H](C)CC)N(CCc1ccccc1)C(=O)CCCN(c1ccc(C)c(C)c1)S(C)(=O)=O. The number of hydrogen-bond donors (Lipinski definition) is 1. The molecule has 0 aromatic heterocycles. The lowest BCUT2D eigenvalue weighted by atomic mass is 10.1. The van der Waals surface area contributed by atoms with Crippen molar-refractivity contribution < 1.29 is 18.0 Å². The topological polar surface area (TPSA) is 86.8 Å². The van der Waals surface area contributed by atoms with Crippen LogP contribution in [-0.4, -0.2) is 56.6 Å². The summed E-state index contributed by atoms with van der Waals surface area (Å²) in [6, 6.07) is 14.9. The summed E-state index contributed by atoms with van der Waals surface area (Å²) < 4.78 is 26.5. The van der Waals surface area contributed by atoms with Gasteiger partial charge in [-0.1, -0.05) is 50.2 Å². The summed E-state index contributed by atoms with van der Waals surface area (Å²) in [4.78, 5) is 28.2. The standard InChI is InChI=1S/C29H43N3O4S/c1-7-24(5)30-29(34)27(8-2)31(20-18-25-13-10-9-11-14-25)28(33)15-12-19-32(37(6,35)36)26-17-16-22(3)23(4)21-26/h9-11,13-14,16-17,21,24,27H,7-8,12,15,18-20H2,1-6H3,(H,30,34)/t24-,27+/m0/s1. The van der Waals surface area contributed by atoms with E-state index < -0.39 is 16.1 Å². The predicted octanol–water partition coefficient (Wildman–Crippen LogP) is 4.61. The third kappa shape index (κ3) is 9.18. The van der Waals surface area contributed by atoms with Crippen LogP contribution in [-0.2, 0) is 26.0 Å². The highest BCUT2D eigenvalue weighted by Crippen LogP contribution is 2.22. The molecule has 0 spiro atoms. The van der Waals surface area contributed by atoms with Crippen molar-refractivity contribution >= 4 is 27.5 Å². The minimum Gasteiger partial charge on any atom is -0.352 e. The van der Waals surface area contributed by atoms with Gasteiger partial charge in [0.05, 0.1) is 11.9 Å². The van der Waals surface area contributed by atoms with Crippen LogP contribution in [0.1, 0.15) is 63.1 Å². The van der Waals surface area contributed by atoms with Crippen molar-refractivity contribution in [3.63, 3.8) is 0 Å². The maximum atomic E-state index is 13.5. The second-order valence-corrected chi connectivity index (χ2v) is 11.7. The van der Waals surface area contributed by atoms with Crippen molar-refractivity contribution in [1.29, 1.82) is 0 Å². The van der Waals surface area contributed by atoms with Crippen molar-refractivity contribution in [2.75, 3.05) is 23.7 Å². The molecule has 0 fully saturated rings. The third-order valence-electron chi connectivity index (χ3n) is 6.80. The van der Waals surface area contributed by atoms with Gasteiger partial charge in [-0.2, -0.15) is 0 Å². The summed E-state index contributed by atoms with van der Waals surface area (Å²) in [6.45, 7) is 10.4. The van der Waals surface area contributed by atoms with Crippen LogP contribution in [0.4, 0.5) is 5.69 Å². The first kappa shape index (κ1) is 30.4. The summed E-state index contributed by atoms with van der Waals surface area (Å²) in [5.41, 5.74) is 3.78. The Hall–Kier alpha value is -2.87. The van der Waals surface area contributed by atoms with E-state index in [0.717, 1.165) is 23.1 Å². The summed E-state index contributed by atoms with van der Waals surface area (Å²) in [6.07, 6.45) is 3.63. The van der Waals surface area contributed by atoms with Gasteiger partial charge in [0.15, 0.2) is 0 Å². The van der Waals surface area contributed by atoms with Crippen molar-refractivity contribution in [1.82, 2.24) is 10.2 Å². The maximum absolute atomic E-state index is 13.5. The predicted molar refractivity (Wildman–Crippen MR) is 151 cm³/mol. The number of aryl methyl sites for hydroxylation is 2. The molecule has 2 atom stereocenters. The molecule has 1 N–H and O–H groups in total. The lowest BCUT2D eigenvalue weighted by Gasteiger charge is -2.32. The summed E-state index contributed by atoms with van der Waals surface area (Å²) in [7, 11) is -3.52. The van der Waals surface area contributed by atoms with E-state index in [1.165, 1.54) is 10.6 Å². The number of hydrogen-bond acceptors (Lipinski definition) is 4. The Bertz CT molecular complexity index is 1140. The molecule has 2 aromatic rings. The Labute approximate surface area is 223 Å². The fourth-order valence-corrected chi connectivity index (χ4v) is 5.18. The van der Waals surface area contributed by atoms with Gasteiger partial charge in [-0.25, -0.2) is 8.42 Å². The maximum Gasteiger partial charge on any atom is 0.243 e. The van der Waals surface area contributed by atoms with Gasteiger partial charge in [0.1, 0.15) is 6.04 Å². The number of nitrogens with one attached hydrogen (secondary N) is 1. The van der Waals surface area contributed by atoms with Crippen LogP contribution in [0.15, 0.2) is 48.5 Å². The molecule has 0 saturated carbocycles. The molecular weight excluding hydrogens is 486 g/mol. The molecule has 0 bridgehead atoms. The van der Waals surface area contributed by atoms with E-state index in [-0.39, 0.29) is 30.8 Å². The molecule has 0 unspecified atom stereocenters. The summed E-state index contributed by atoms with van der Waals surface area (Å²) in [5.74, 6) is -0.290. The highest BCUT2D eigenvalue weighted by molar-refractivity contribution is 7.92. The summed E-state index contributed by atoms with van der Waals surface area (Å²) >= 11 is 0. The monoisotopic (exact) mass is 529 g/mol. The zero-order valence-electron chi connectivity index (χ0n) is 23.2. The molecule has 0 heterocycles. The Balaban J connectivity index is 2.18. The molecule has 204 valence electrons. The highest BCUT2D eigenvalue weighted by Gasteiger charge is 2.29. The quantitative estimate of drug-likeness (QED) is 0.387. The van der Waals surface area contributed by atoms with E-state index >= 15 is 0 Å². The Kier molecular flexibility index (Phi) is 11.6. The Morgan fingerprint density at radius 2 is 1.62 bits per heavy atom. The first-order chi connectivity index (χ1) is 17.5. The van der Waals surface area contributed by atoms with Crippen molar-refractivity contribution in [2.45, 2.75) is 78.8 Å². The fraction of sp³-hybridized carbons (Fsp3) is 0.517. The van der Waals surface area contributed by atoms with E-state index in [0.29, 0.717) is 31.5 Å². The third-order valence-corrected chi connectivity index (χ3v) is 8.00. The zero-order valence-corrected chi connectivity index (χ0v) is 24.0. The van der Waals surface area contributed by atoms with Gasteiger partial charge in [0.25, 0.3) is 0 Å². The average Bonchev–Trinajstić information content (AvgIpc) is 2.85. The van der Waals surface area contributed by atoms with Gasteiger partial charge in [0.2, 0.25) is 21.8 Å². The van der Waals surface area contributed by atoms with Crippen LogP contribution < -0.4 is 9.62 Å². The summed E-state index contributed by atoms with van der Waals surface area (Å²) in [5, 5.41) is 3.02. The van der Waals surface area contributed by atoms with E-state index in [9.17, 15) is 18.0 Å².